The van der Waals surface area contributed by atoms with Crippen LogP contribution in [-0.4, -0.2) is 28.9 Å². The van der Waals surface area contributed by atoms with E-state index in [9.17, 15) is 8.60 Å². The Morgan fingerprint density at radius 2 is 1.90 bits per heavy atom. The van der Waals surface area contributed by atoms with Crippen LogP contribution in [0.25, 0.3) is 0 Å². The number of hydrogen-bond acceptors (Lipinski definition) is 6. The van der Waals surface area contributed by atoms with Crippen LogP contribution in [0, 0.1) is 5.82 Å². The Bertz CT molecular complexity index is 1140. The highest BCUT2D eigenvalue weighted by Crippen LogP contribution is 2.41. The zero-order valence-electron chi connectivity index (χ0n) is 16.1. The molecule has 0 fully saturated rings. The van der Waals surface area contributed by atoms with Gasteiger partial charge in [-0.05, 0) is 41.5 Å². The fourth-order valence-electron chi connectivity index (χ4n) is 3.46. The second-order valence-electron chi connectivity index (χ2n) is 6.69. The van der Waals surface area contributed by atoms with Gasteiger partial charge in [0.05, 0.1) is 18.2 Å². The van der Waals surface area contributed by atoms with E-state index in [1.54, 1.807) is 30.6 Å². The summed E-state index contributed by atoms with van der Waals surface area (Å²) in [5.74, 6) is -0.840. The minimum atomic E-state index is -2.16. The smallest absolute Gasteiger partial charge is 0.232 e. The number of benzene rings is 1. The van der Waals surface area contributed by atoms with E-state index < -0.39 is 23.1 Å². The molecule has 2 N–H and O–H groups in total. The lowest BCUT2D eigenvalue weighted by Crippen LogP contribution is -2.19. The van der Waals surface area contributed by atoms with Gasteiger partial charge in [-0.15, -0.1) is 10.2 Å². The molecule has 10 heteroatoms. The molecule has 0 aliphatic carbocycles. The van der Waals surface area contributed by atoms with Gasteiger partial charge in [0.25, 0.3) is 0 Å². The van der Waals surface area contributed by atoms with Crippen LogP contribution in [0.1, 0.15) is 40.2 Å². The SMILES string of the molecule is O=S(O)NCc1cccc(C(c2ccc(F)cc2)C(c2cccnc2)c2nnco2)n1. The number of nitrogens with one attached hydrogen (secondary N) is 1. The van der Waals surface area contributed by atoms with Crippen molar-refractivity contribution in [2.45, 2.75) is 18.4 Å². The quantitative estimate of drug-likeness (QED) is 0.405. The molecule has 0 aliphatic heterocycles. The maximum atomic E-state index is 13.7. The van der Waals surface area contributed by atoms with Crippen molar-refractivity contribution in [1.82, 2.24) is 24.9 Å². The molecule has 0 aliphatic rings. The van der Waals surface area contributed by atoms with Crippen LogP contribution in [-0.2, 0) is 17.8 Å². The molecule has 0 saturated heterocycles. The molecule has 3 unspecified atom stereocenters. The van der Waals surface area contributed by atoms with Crippen molar-refractivity contribution < 1.29 is 17.6 Å². The van der Waals surface area contributed by atoms with Crippen LogP contribution < -0.4 is 4.72 Å². The summed E-state index contributed by atoms with van der Waals surface area (Å²) >= 11 is -2.16. The van der Waals surface area contributed by atoms with E-state index in [-0.39, 0.29) is 12.4 Å². The zero-order valence-corrected chi connectivity index (χ0v) is 16.9. The average molecular weight is 439 g/mol. The molecular formula is C21H18FN5O3S. The van der Waals surface area contributed by atoms with E-state index in [1.807, 2.05) is 24.3 Å². The number of hydrogen-bond donors (Lipinski definition) is 2. The first-order valence-corrected chi connectivity index (χ1v) is 10.4. The van der Waals surface area contributed by atoms with Crippen LogP contribution in [0.2, 0.25) is 0 Å². The number of pyridine rings is 2. The Morgan fingerprint density at radius 1 is 1.06 bits per heavy atom. The third kappa shape index (κ3) is 5.05. The van der Waals surface area contributed by atoms with Gasteiger partial charge < -0.3 is 4.42 Å². The lowest BCUT2D eigenvalue weighted by Gasteiger charge is -2.25. The molecule has 0 spiro atoms. The van der Waals surface area contributed by atoms with E-state index in [1.165, 1.54) is 18.5 Å². The van der Waals surface area contributed by atoms with Crippen molar-refractivity contribution in [3.63, 3.8) is 0 Å². The maximum absolute atomic E-state index is 13.7. The highest BCUT2D eigenvalue weighted by Gasteiger charge is 2.33. The first kappa shape index (κ1) is 20.9. The summed E-state index contributed by atoms with van der Waals surface area (Å²) in [6.45, 7) is 0.102. The predicted molar refractivity (Wildman–Crippen MR) is 110 cm³/mol. The highest BCUT2D eigenvalue weighted by molar-refractivity contribution is 7.77. The fraction of sp³-hybridized carbons (Fsp3) is 0.143. The number of aromatic nitrogens is 4. The molecular weight excluding hydrogens is 421 g/mol. The molecule has 3 aromatic heterocycles. The van der Waals surface area contributed by atoms with Crippen LogP contribution in [0.5, 0.6) is 0 Å². The molecule has 0 amide bonds. The largest absolute Gasteiger partial charge is 0.427 e. The molecule has 8 nitrogen and oxygen atoms in total. The number of halogens is 1. The van der Waals surface area contributed by atoms with Gasteiger partial charge in [-0.2, -0.15) is 0 Å². The maximum Gasteiger partial charge on any atom is 0.232 e. The zero-order chi connectivity index (χ0) is 21.6. The molecule has 3 atom stereocenters. The van der Waals surface area contributed by atoms with Crippen molar-refractivity contribution >= 4 is 11.3 Å². The Morgan fingerprint density at radius 3 is 2.58 bits per heavy atom. The van der Waals surface area contributed by atoms with Crippen LogP contribution in [0.3, 0.4) is 0 Å². The Labute approximate surface area is 180 Å². The standard InChI is InChI=1S/C21H18FN5O3S/c22-16-8-6-14(7-9-16)19(18-5-1-4-17(26-18)12-25-31(28)29)20(21-27-24-13-30-21)15-3-2-10-23-11-15/h1-11,13,19-20,25H,12H2,(H,28,29). The van der Waals surface area contributed by atoms with Crippen molar-refractivity contribution in [2.24, 2.45) is 0 Å². The van der Waals surface area contributed by atoms with Gasteiger partial charge in [-0.1, -0.05) is 24.3 Å². The number of rotatable bonds is 8. The van der Waals surface area contributed by atoms with Gasteiger partial charge in [0, 0.05) is 24.0 Å². The van der Waals surface area contributed by atoms with E-state index in [2.05, 4.69) is 24.9 Å². The second kappa shape index (κ2) is 9.65. The van der Waals surface area contributed by atoms with Crippen molar-refractivity contribution in [1.29, 1.82) is 0 Å². The third-order valence-electron chi connectivity index (χ3n) is 4.77. The first-order chi connectivity index (χ1) is 15.1. The number of nitrogens with zero attached hydrogens (tertiary/aromatic N) is 4. The molecule has 4 rings (SSSR count). The summed E-state index contributed by atoms with van der Waals surface area (Å²) in [6, 6.07) is 15.3. The van der Waals surface area contributed by atoms with Gasteiger partial charge in [0.2, 0.25) is 23.6 Å². The summed E-state index contributed by atoms with van der Waals surface area (Å²) in [5, 5.41) is 7.96. The van der Waals surface area contributed by atoms with Crippen molar-refractivity contribution in [2.75, 3.05) is 0 Å². The summed E-state index contributed by atoms with van der Waals surface area (Å²) < 4.78 is 41.7. The summed E-state index contributed by atoms with van der Waals surface area (Å²) in [7, 11) is 0. The fourth-order valence-corrected chi connectivity index (χ4v) is 3.74. The summed E-state index contributed by atoms with van der Waals surface area (Å²) in [6.07, 6.45) is 4.64. The molecule has 3 heterocycles. The second-order valence-corrected chi connectivity index (χ2v) is 7.48. The third-order valence-corrected chi connectivity index (χ3v) is 5.16. The van der Waals surface area contributed by atoms with Gasteiger partial charge >= 0.3 is 0 Å². The minimum absolute atomic E-state index is 0.102. The average Bonchev–Trinajstić information content (AvgIpc) is 3.32. The normalized spacial score (nSPS) is 14.1. The van der Waals surface area contributed by atoms with Gasteiger partial charge in [0.1, 0.15) is 5.82 Å². The van der Waals surface area contributed by atoms with Gasteiger partial charge in [-0.25, -0.2) is 13.3 Å². The molecule has 4 aromatic rings. The molecule has 0 saturated carbocycles. The minimum Gasteiger partial charge on any atom is -0.427 e. The monoisotopic (exact) mass is 439 g/mol. The Hall–Kier alpha value is -3.34. The van der Waals surface area contributed by atoms with E-state index in [0.717, 1.165) is 11.1 Å². The summed E-state index contributed by atoms with van der Waals surface area (Å²) in [5.41, 5.74) is 2.84. The molecule has 0 radical (unpaired) electrons. The predicted octanol–water partition coefficient (Wildman–Crippen LogP) is 3.19. The Balaban J connectivity index is 1.85. The van der Waals surface area contributed by atoms with Gasteiger partial charge in [0.15, 0.2) is 0 Å². The van der Waals surface area contributed by atoms with Crippen molar-refractivity contribution in [3.05, 3.63) is 108 Å². The van der Waals surface area contributed by atoms with Crippen molar-refractivity contribution in [3.8, 4) is 0 Å². The van der Waals surface area contributed by atoms with Crippen LogP contribution >= 0.6 is 0 Å². The first-order valence-electron chi connectivity index (χ1n) is 9.33. The van der Waals surface area contributed by atoms with E-state index in [4.69, 9.17) is 8.97 Å². The molecule has 1 aromatic carbocycles. The van der Waals surface area contributed by atoms with Crippen LogP contribution in [0.15, 0.2) is 77.8 Å². The summed E-state index contributed by atoms with van der Waals surface area (Å²) in [4.78, 5) is 8.91. The highest BCUT2D eigenvalue weighted by atomic mass is 32.2. The van der Waals surface area contributed by atoms with E-state index >= 15 is 0 Å². The molecule has 158 valence electrons. The Kier molecular flexibility index (Phi) is 6.51. The lowest BCUT2D eigenvalue weighted by molar-refractivity contribution is 0.448. The topological polar surface area (TPSA) is 114 Å². The molecule has 31 heavy (non-hydrogen) atoms. The van der Waals surface area contributed by atoms with E-state index in [0.29, 0.717) is 17.3 Å². The lowest BCUT2D eigenvalue weighted by atomic mass is 9.79. The van der Waals surface area contributed by atoms with Crippen LogP contribution in [0.4, 0.5) is 4.39 Å². The molecule has 0 bridgehead atoms. The van der Waals surface area contributed by atoms with Gasteiger partial charge in [-0.3, -0.25) is 14.5 Å².